The van der Waals surface area contributed by atoms with Gasteiger partial charge in [0.2, 0.25) is 5.91 Å². The number of hydrogen-bond donors (Lipinski definition) is 0. The van der Waals surface area contributed by atoms with E-state index in [1.165, 1.54) is 22.3 Å². The summed E-state index contributed by atoms with van der Waals surface area (Å²) in [4.78, 5) is 14.9. The number of fused-ring (bicyclic) bond motifs is 1. The van der Waals surface area contributed by atoms with Gasteiger partial charge in [-0.2, -0.15) is 0 Å². The molecule has 22 heavy (non-hydrogen) atoms. The van der Waals surface area contributed by atoms with Gasteiger partial charge in [0.1, 0.15) is 0 Å². The summed E-state index contributed by atoms with van der Waals surface area (Å²) in [6.07, 6.45) is 3.10. The molecule has 2 aromatic carbocycles. The second-order valence-corrected chi connectivity index (χ2v) is 6.51. The lowest BCUT2D eigenvalue weighted by Crippen LogP contribution is -2.41. The van der Waals surface area contributed by atoms with Gasteiger partial charge in [0.25, 0.3) is 0 Å². The van der Waals surface area contributed by atoms with E-state index in [2.05, 4.69) is 60.4 Å². The van der Waals surface area contributed by atoms with Crippen LogP contribution in [0.1, 0.15) is 41.1 Å². The van der Waals surface area contributed by atoms with Crippen LogP contribution in [0.25, 0.3) is 0 Å². The van der Waals surface area contributed by atoms with Gasteiger partial charge < -0.3 is 4.90 Å². The Morgan fingerprint density at radius 3 is 2.41 bits per heavy atom. The summed E-state index contributed by atoms with van der Waals surface area (Å²) in [5, 5.41) is 0. The maximum Gasteiger partial charge on any atom is 0.226 e. The normalized spacial score (nSPS) is 20.6. The fourth-order valence-corrected chi connectivity index (χ4v) is 3.60. The van der Waals surface area contributed by atoms with Crippen molar-refractivity contribution in [3.8, 4) is 0 Å². The van der Waals surface area contributed by atoms with Crippen molar-refractivity contribution >= 4 is 5.91 Å². The minimum absolute atomic E-state index is 0.0826. The summed E-state index contributed by atoms with van der Waals surface area (Å²) >= 11 is 0. The van der Waals surface area contributed by atoms with Gasteiger partial charge in [-0.1, -0.05) is 48.5 Å². The molecule has 1 heterocycles. The SMILES string of the molecule is Cc1ccccc1C1c2ccccc2CCN1C(=O)C1CC1. The highest BCUT2D eigenvalue weighted by Gasteiger charge is 2.39. The van der Waals surface area contributed by atoms with Crippen LogP contribution in [0, 0.1) is 12.8 Å². The molecule has 0 N–H and O–H groups in total. The van der Waals surface area contributed by atoms with E-state index in [-0.39, 0.29) is 12.0 Å². The Hall–Kier alpha value is -2.09. The summed E-state index contributed by atoms with van der Waals surface area (Å²) in [6, 6.07) is 17.2. The maximum absolute atomic E-state index is 12.8. The minimum Gasteiger partial charge on any atom is -0.331 e. The predicted octanol–water partition coefficient (Wildman–Crippen LogP) is 3.88. The van der Waals surface area contributed by atoms with Crippen LogP contribution in [0.5, 0.6) is 0 Å². The number of amides is 1. The van der Waals surface area contributed by atoms with Crippen molar-refractivity contribution in [2.75, 3.05) is 6.54 Å². The molecule has 2 aromatic rings. The van der Waals surface area contributed by atoms with Crippen LogP contribution in [0.3, 0.4) is 0 Å². The number of carbonyl (C=O) groups excluding carboxylic acids is 1. The smallest absolute Gasteiger partial charge is 0.226 e. The van der Waals surface area contributed by atoms with Crippen molar-refractivity contribution in [1.29, 1.82) is 0 Å². The fraction of sp³-hybridized carbons (Fsp3) is 0.350. The number of rotatable bonds is 2. The highest BCUT2D eigenvalue weighted by Crippen LogP contribution is 2.40. The zero-order valence-electron chi connectivity index (χ0n) is 13.0. The zero-order chi connectivity index (χ0) is 15.1. The van der Waals surface area contributed by atoms with E-state index in [0.717, 1.165) is 25.8 Å². The van der Waals surface area contributed by atoms with Crippen LogP contribution >= 0.6 is 0 Å². The lowest BCUT2D eigenvalue weighted by molar-refractivity contribution is -0.134. The number of benzene rings is 2. The molecule has 2 heteroatoms. The van der Waals surface area contributed by atoms with Gasteiger partial charge >= 0.3 is 0 Å². The third-order valence-electron chi connectivity index (χ3n) is 4.98. The van der Waals surface area contributed by atoms with Gasteiger partial charge in [-0.3, -0.25) is 4.79 Å². The Kier molecular flexibility index (Phi) is 3.25. The topological polar surface area (TPSA) is 20.3 Å². The van der Waals surface area contributed by atoms with Gasteiger partial charge in [-0.25, -0.2) is 0 Å². The lowest BCUT2D eigenvalue weighted by Gasteiger charge is -2.38. The van der Waals surface area contributed by atoms with Crippen molar-refractivity contribution < 1.29 is 4.79 Å². The standard InChI is InChI=1S/C20H21NO/c1-14-6-2-4-8-17(14)19-18-9-5-3-7-15(18)12-13-21(19)20(22)16-10-11-16/h2-9,16,19H,10-13H2,1H3. The second kappa shape index (κ2) is 5.28. The van der Waals surface area contributed by atoms with Gasteiger partial charge in [0.05, 0.1) is 6.04 Å². The molecule has 1 unspecified atom stereocenters. The molecular formula is C20H21NO. The van der Waals surface area contributed by atoms with Gasteiger partial charge in [-0.15, -0.1) is 0 Å². The highest BCUT2D eigenvalue weighted by molar-refractivity contribution is 5.82. The molecule has 1 aliphatic heterocycles. The monoisotopic (exact) mass is 291 g/mol. The zero-order valence-corrected chi connectivity index (χ0v) is 13.0. The first-order valence-corrected chi connectivity index (χ1v) is 8.19. The summed E-state index contributed by atoms with van der Waals surface area (Å²) in [5.41, 5.74) is 5.22. The first kappa shape index (κ1) is 13.6. The van der Waals surface area contributed by atoms with Crippen molar-refractivity contribution in [2.24, 2.45) is 5.92 Å². The number of aryl methyl sites for hydroxylation is 1. The van der Waals surface area contributed by atoms with E-state index < -0.39 is 0 Å². The molecule has 0 saturated heterocycles. The third-order valence-corrected chi connectivity index (χ3v) is 4.98. The molecule has 1 fully saturated rings. The van der Waals surface area contributed by atoms with Crippen molar-refractivity contribution in [2.45, 2.75) is 32.2 Å². The molecule has 1 atom stereocenters. The van der Waals surface area contributed by atoms with E-state index in [1.54, 1.807) is 0 Å². The van der Waals surface area contributed by atoms with Crippen LogP contribution in [0.15, 0.2) is 48.5 Å². The molecule has 112 valence electrons. The van der Waals surface area contributed by atoms with Gasteiger partial charge in [-0.05, 0) is 48.4 Å². The molecule has 0 bridgehead atoms. The van der Waals surface area contributed by atoms with E-state index in [4.69, 9.17) is 0 Å². The van der Waals surface area contributed by atoms with Crippen molar-refractivity contribution in [3.05, 3.63) is 70.8 Å². The first-order chi connectivity index (χ1) is 10.8. The summed E-state index contributed by atoms with van der Waals surface area (Å²) in [7, 11) is 0. The molecule has 2 nitrogen and oxygen atoms in total. The molecule has 1 aliphatic carbocycles. The van der Waals surface area contributed by atoms with E-state index in [9.17, 15) is 4.79 Å². The Morgan fingerprint density at radius 1 is 1.00 bits per heavy atom. The van der Waals surface area contributed by atoms with Gasteiger partial charge in [0, 0.05) is 12.5 Å². The van der Waals surface area contributed by atoms with Crippen molar-refractivity contribution in [1.82, 2.24) is 4.90 Å². The molecule has 1 saturated carbocycles. The van der Waals surface area contributed by atoms with E-state index in [0.29, 0.717) is 5.91 Å². The quantitative estimate of drug-likeness (QED) is 0.822. The lowest BCUT2D eigenvalue weighted by atomic mass is 9.86. The molecule has 0 spiro atoms. The second-order valence-electron chi connectivity index (χ2n) is 6.51. The minimum atomic E-state index is 0.0826. The van der Waals surface area contributed by atoms with Crippen LogP contribution < -0.4 is 0 Å². The third kappa shape index (κ3) is 2.23. The number of carbonyl (C=O) groups is 1. The average Bonchev–Trinajstić information content (AvgIpc) is 3.39. The molecule has 1 amide bonds. The summed E-state index contributed by atoms with van der Waals surface area (Å²) < 4.78 is 0. The molecule has 4 rings (SSSR count). The highest BCUT2D eigenvalue weighted by atomic mass is 16.2. The van der Waals surface area contributed by atoms with Crippen LogP contribution in [0.4, 0.5) is 0 Å². The molecular weight excluding hydrogens is 270 g/mol. The van der Waals surface area contributed by atoms with Crippen LogP contribution in [-0.2, 0) is 11.2 Å². The number of hydrogen-bond acceptors (Lipinski definition) is 1. The Balaban J connectivity index is 1.83. The first-order valence-electron chi connectivity index (χ1n) is 8.19. The summed E-state index contributed by atoms with van der Waals surface area (Å²) in [5.74, 6) is 0.625. The Bertz CT molecular complexity index is 717. The molecule has 0 radical (unpaired) electrons. The Morgan fingerprint density at radius 2 is 1.68 bits per heavy atom. The largest absolute Gasteiger partial charge is 0.331 e. The maximum atomic E-state index is 12.8. The average molecular weight is 291 g/mol. The van der Waals surface area contributed by atoms with Gasteiger partial charge in [0.15, 0.2) is 0 Å². The predicted molar refractivity (Wildman–Crippen MR) is 87.6 cm³/mol. The fourth-order valence-electron chi connectivity index (χ4n) is 3.60. The van der Waals surface area contributed by atoms with E-state index >= 15 is 0 Å². The summed E-state index contributed by atoms with van der Waals surface area (Å²) in [6.45, 7) is 2.98. The van der Waals surface area contributed by atoms with Crippen molar-refractivity contribution in [3.63, 3.8) is 0 Å². The molecule has 0 aromatic heterocycles. The molecule has 2 aliphatic rings. The Labute approximate surface area is 131 Å². The van der Waals surface area contributed by atoms with E-state index in [1.807, 2.05) is 0 Å². The number of nitrogens with zero attached hydrogens (tertiary/aromatic N) is 1. The van der Waals surface area contributed by atoms with Crippen LogP contribution in [0.2, 0.25) is 0 Å². The van der Waals surface area contributed by atoms with Crippen LogP contribution in [-0.4, -0.2) is 17.4 Å².